The van der Waals surface area contributed by atoms with Gasteiger partial charge in [-0.05, 0) is 59.8 Å². The number of thioether (sulfide) groups is 1. The van der Waals surface area contributed by atoms with Crippen molar-refractivity contribution in [1.82, 2.24) is 4.90 Å². The highest BCUT2D eigenvalue weighted by molar-refractivity contribution is 8.13. The fourth-order valence-corrected chi connectivity index (χ4v) is 3.13. The van der Waals surface area contributed by atoms with Crippen LogP contribution < -0.4 is 10.1 Å². The first-order chi connectivity index (χ1) is 14.0. The second-order valence-electron chi connectivity index (χ2n) is 6.54. The Bertz CT molecular complexity index is 973. The van der Waals surface area contributed by atoms with Crippen molar-refractivity contribution in [3.05, 3.63) is 90.0 Å². The number of hydrogen-bond acceptors (Lipinski definition) is 4. The van der Waals surface area contributed by atoms with Crippen LogP contribution in [0.3, 0.4) is 0 Å². The van der Waals surface area contributed by atoms with Gasteiger partial charge in [-0.15, -0.1) is 0 Å². The number of carbonyl (C=O) groups is 2. The van der Waals surface area contributed by atoms with E-state index in [2.05, 4.69) is 5.32 Å². The van der Waals surface area contributed by atoms with E-state index in [0.717, 1.165) is 22.2 Å². The largest absolute Gasteiger partial charge is 0.489 e. The summed E-state index contributed by atoms with van der Waals surface area (Å²) in [6.07, 6.45) is 0. The molecule has 0 aliphatic heterocycles. The van der Waals surface area contributed by atoms with E-state index in [0.29, 0.717) is 23.6 Å². The molecule has 0 spiro atoms. The first-order valence-corrected chi connectivity index (χ1v) is 9.90. The minimum Gasteiger partial charge on any atom is -0.489 e. The molecule has 0 fully saturated rings. The number of nitrogens with zero attached hydrogens (tertiary/aromatic N) is 1. The van der Waals surface area contributed by atoms with Crippen LogP contribution in [0.25, 0.3) is 0 Å². The number of anilines is 1. The molecule has 6 heteroatoms. The molecule has 3 aromatic carbocycles. The Hall–Kier alpha value is -3.25. The third-order valence-corrected chi connectivity index (χ3v) is 5.07. The molecule has 0 unspecified atom stereocenters. The van der Waals surface area contributed by atoms with Gasteiger partial charge in [0, 0.05) is 30.2 Å². The molecule has 3 rings (SSSR count). The van der Waals surface area contributed by atoms with E-state index in [1.165, 1.54) is 4.90 Å². The molecule has 0 aromatic heterocycles. The van der Waals surface area contributed by atoms with Crippen LogP contribution in [0.15, 0.2) is 83.8 Å². The highest BCUT2D eigenvalue weighted by atomic mass is 32.2. The monoisotopic (exact) mass is 406 g/mol. The van der Waals surface area contributed by atoms with Gasteiger partial charge in [0.15, 0.2) is 0 Å². The Morgan fingerprint density at radius 3 is 2.34 bits per heavy atom. The van der Waals surface area contributed by atoms with Gasteiger partial charge in [-0.3, -0.25) is 9.59 Å². The van der Waals surface area contributed by atoms with E-state index in [1.807, 2.05) is 36.4 Å². The zero-order valence-electron chi connectivity index (χ0n) is 16.3. The van der Waals surface area contributed by atoms with E-state index in [-0.39, 0.29) is 11.1 Å². The van der Waals surface area contributed by atoms with Crippen molar-refractivity contribution >= 4 is 28.6 Å². The summed E-state index contributed by atoms with van der Waals surface area (Å²) in [4.78, 5) is 26.6. The number of benzene rings is 3. The number of carbonyl (C=O) groups excluding carboxylic acids is 2. The summed E-state index contributed by atoms with van der Waals surface area (Å²) in [6, 6.07) is 24.1. The standard InChI is InChI=1S/C23H22N2O3S/c1-25(2)23(27)29-21-13-11-19(12-14-21)24-22(26)18-9-6-10-20(15-18)28-16-17-7-4-3-5-8-17/h3-15H,16H2,1-2H3,(H,24,26). The van der Waals surface area contributed by atoms with Crippen LogP contribution in [-0.2, 0) is 6.61 Å². The number of nitrogens with one attached hydrogen (secondary N) is 1. The molecule has 1 N–H and O–H groups in total. The molecule has 0 heterocycles. The van der Waals surface area contributed by atoms with Crippen LogP contribution >= 0.6 is 11.8 Å². The summed E-state index contributed by atoms with van der Waals surface area (Å²) >= 11 is 1.14. The van der Waals surface area contributed by atoms with E-state index >= 15 is 0 Å². The molecule has 0 radical (unpaired) electrons. The molecule has 0 bridgehead atoms. The minimum atomic E-state index is -0.222. The SMILES string of the molecule is CN(C)C(=O)Sc1ccc(NC(=O)c2cccc(OCc3ccccc3)c2)cc1. The van der Waals surface area contributed by atoms with Crippen molar-refractivity contribution in [2.75, 3.05) is 19.4 Å². The molecule has 0 aliphatic carbocycles. The van der Waals surface area contributed by atoms with Crippen molar-refractivity contribution in [2.45, 2.75) is 11.5 Å². The van der Waals surface area contributed by atoms with Gasteiger partial charge in [0.2, 0.25) is 0 Å². The predicted molar refractivity (Wildman–Crippen MR) is 117 cm³/mol. The van der Waals surface area contributed by atoms with Crippen molar-refractivity contribution in [2.24, 2.45) is 0 Å². The van der Waals surface area contributed by atoms with E-state index < -0.39 is 0 Å². The maximum atomic E-state index is 12.6. The van der Waals surface area contributed by atoms with E-state index in [1.54, 1.807) is 56.6 Å². The lowest BCUT2D eigenvalue weighted by Crippen LogP contribution is -2.16. The molecule has 5 nitrogen and oxygen atoms in total. The normalized spacial score (nSPS) is 10.3. The van der Waals surface area contributed by atoms with Gasteiger partial charge in [0.25, 0.3) is 11.1 Å². The van der Waals surface area contributed by atoms with Gasteiger partial charge in [0.1, 0.15) is 12.4 Å². The number of hydrogen-bond donors (Lipinski definition) is 1. The molecular weight excluding hydrogens is 384 g/mol. The summed E-state index contributed by atoms with van der Waals surface area (Å²) in [5.74, 6) is 0.412. The molecule has 29 heavy (non-hydrogen) atoms. The predicted octanol–water partition coefficient (Wildman–Crippen LogP) is 5.29. The highest BCUT2D eigenvalue weighted by Crippen LogP contribution is 2.23. The lowest BCUT2D eigenvalue weighted by molar-refractivity contribution is 0.102. The second kappa shape index (κ2) is 9.80. The van der Waals surface area contributed by atoms with Gasteiger partial charge in [0.05, 0.1) is 0 Å². The quantitative estimate of drug-likeness (QED) is 0.565. The number of rotatable bonds is 6. The summed E-state index contributed by atoms with van der Waals surface area (Å²) < 4.78 is 5.79. The highest BCUT2D eigenvalue weighted by Gasteiger charge is 2.09. The third-order valence-electron chi connectivity index (χ3n) is 4.03. The Kier molecular flexibility index (Phi) is 6.92. The summed E-state index contributed by atoms with van der Waals surface area (Å²) in [6.45, 7) is 0.441. The first-order valence-electron chi connectivity index (χ1n) is 9.08. The Morgan fingerprint density at radius 1 is 0.931 bits per heavy atom. The van der Waals surface area contributed by atoms with Crippen LogP contribution in [0, 0.1) is 0 Å². The maximum absolute atomic E-state index is 12.6. The molecule has 3 aromatic rings. The van der Waals surface area contributed by atoms with Crippen LogP contribution in [0.2, 0.25) is 0 Å². The third kappa shape index (κ3) is 6.12. The summed E-state index contributed by atoms with van der Waals surface area (Å²) in [5.41, 5.74) is 2.23. The van der Waals surface area contributed by atoms with Gasteiger partial charge in [-0.2, -0.15) is 0 Å². The number of amides is 2. The number of ether oxygens (including phenoxy) is 1. The van der Waals surface area contributed by atoms with Crippen molar-refractivity contribution in [1.29, 1.82) is 0 Å². The second-order valence-corrected chi connectivity index (χ2v) is 7.57. The zero-order valence-corrected chi connectivity index (χ0v) is 17.1. The molecule has 148 valence electrons. The Balaban J connectivity index is 1.59. The molecule has 0 atom stereocenters. The molecule has 0 saturated heterocycles. The lowest BCUT2D eigenvalue weighted by Gasteiger charge is -2.10. The van der Waals surface area contributed by atoms with Crippen LogP contribution in [0.1, 0.15) is 15.9 Å². The van der Waals surface area contributed by atoms with E-state index in [9.17, 15) is 9.59 Å². The molecular formula is C23H22N2O3S. The average Bonchev–Trinajstić information content (AvgIpc) is 2.74. The smallest absolute Gasteiger partial charge is 0.285 e. The van der Waals surface area contributed by atoms with E-state index in [4.69, 9.17) is 4.74 Å². The van der Waals surface area contributed by atoms with Crippen LogP contribution in [-0.4, -0.2) is 30.1 Å². The molecule has 2 amide bonds. The lowest BCUT2D eigenvalue weighted by atomic mass is 10.2. The minimum absolute atomic E-state index is 0.0471. The fraction of sp³-hybridized carbons (Fsp3) is 0.130. The Morgan fingerprint density at radius 2 is 1.66 bits per heavy atom. The molecule has 0 saturated carbocycles. The van der Waals surface area contributed by atoms with Crippen molar-refractivity contribution in [3.63, 3.8) is 0 Å². The van der Waals surface area contributed by atoms with Crippen molar-refractivity contribution < 1.29 is 14.3 Å². The van der Waals surface area contributed by atoms with Gasteiger partial charge >= 0.3 is 0 Å². The molecule has 0 aliphatic rings. The topological polar surface area (TPSA) is 58.6 Å². The fourth-order valence-electron chi connectivity index (χ4n) is 2.47. The Labute approximate surface area is 174 Å². The van der Waals surface area contributed by atoms with Crippen LogP contribution in [0.5, 0.6) is 5.75 Å². The first kappa shape index (κ1) is 20.5. The van der Waals surface area contributed by atoms with Crippen LogP contribution in [0.4, 0.5) is 10.5 Å². The summed E-state index contributed by atoms with van der Waals surface area (Å²) in [7, 11) is 3.42. The zero-order chi connectivity index (χ0) is 20.6. The summed E-state index contributed by atoms with van der Waals surface area (Å²) in [5, 5.41) is 2.82. The van der Waals surface area contributed by atoms with Gasteiger partial charge < -0.3 is 15.0 Å². The van der Waals surface area contributed by atoms with Gasteiger partial charge in [-0.25, -0.2) is 0 Å². The average molecular weight is 407 g/mol. The van der Waals surface area contributed by atoms with Crippen molar-refractivity contribution in [3.8, 4) is 5.75 Å². The maximum Gasteiger partial charge on any atom is 0.285 e. The van der Waals surface area contributed by atoms with Gasteiger partial charge in [-0.1, -0.05) is 36.4 Å².